The number of nitrogens with zero attached hydrogens (tertiary/aromatic N) is 2. The lowest BCUT2D eigenvalue weighted by molar-refractivity contribution is -0.143. The number of nitrogens with two attached hydrogens (primary N) is 1. The summed E-state index contributed by atoms with van der Waals surface area (Å²) in [6, 6.07) is 11.2. The molecule has 1 amide bonds. The summed E-state index contributed by atoms with van der Waals surface area (Å²) in [6.45, 7) is 8.09. The van der Waals surface area contributed by atoms with Crippen molar-refractivity contribution in [2.24, 2.45) is 17.6 Å². The van der Waals surface area contributed by atoms with Gasteiger partial charge in [-0.05, 0) is 54.2 Å². The van der Waals surface area contributed by atoms with Crippen molar-refractivity contribution < 1.29 is 28.9 Å². The van der Waals surface area contributed by atoms with Crippen molar-refractivity contribution >= 4 is 17.6 Å². The maximum absolute atomic E-state index is 14.0. The van der Waals surface area contributed by atoms with Crippen molar-refractivity contribution in [3.8, 4) is 17.2 Å². The highest BCUT2D eigenvalue weighted by Crippen LogP contribution is 2.47. The third-order valence-electron chi connectivity index (χ3n) is 8.40. The maximum Gasteiger partial charge on any atom is 0.308 e. The lowest BCUT2D eigenvalue weighted by Crippen LogP contribution is -2.45. The molecule has 0 spiro atoms. The highest BCUT2D eigenvalue weighted by Gasteiger charge is 2.48. The first-order valence-corrected chi connectivity index (χ1v) is 14.8. The predicted molar refractivity (Wildman–Crippen MR) is 159 cm³/mol. The number of carboxylic acid groups (broad SMARTS) is 1. The van der Waals surface area contributed by atoms with Gasteiger partial charge in [-0.15, -0.1) is 0 Å². The van der Waals surface area contributed by atoms with Gasteiger partial charge in [0.15, 0.2) is 11.5 Å². The topological polar surface area (TPSA) is 115 Å². The van der Waals surface area contributed by atoms with E-state index in [4.69, 9.17) is 19.9 Å². The van der Waals surface area contributed by atoms with Gasteiger partial charge >= 0.3 is 5.97 Å². The van der Waals surface area contributed by atoms with E-state index in [-0.39, 0.29) is 31.2 Å². The Balaban J connectivity index is 1.68. The van der Waals surface area contributed by atoms with Crippen LogP contribution >= 0.6 is 0 Å². The van der Waals surface area contributed by atoms with Gasteiger partial charge in [0.05, 0.1) is 19.6 Å². The van der Waals surface area contributed by atoms with E-state index in [0.29, 0.717) is 49.2 Å². The van der Waals surface area contributed by atoms with Crippen molar-refractivity contribution in [2.45, 2.75) is 71.4 Å². The van der Waals surface area contributed by atoms with Gasteiger partial charge in [0.2, 0.25) is 18.4 Å². The Morgan fingerprint density at radius 1 is 1.20 bits per heavy atom. The molecule has 0 radical (unpaired) electrons. The molecule has 0 bridgehead atoms. The summed E-state index contributed by atoms with van der Waals surface area (Å²) in [6.07, 6.45) is 4.55. The number of hydrogen-bond donors (Lipinski definition) is 2. The van der Waals surface area contributed by atoms with E-state index in [1.165, 1.54) is 0 Å². The molecule has 2 aliphatic rings. The highest BCUT2D eigenvalue weighted by molar-refractivity contribution is 5.95. The summed E-state index contributed by atoms with van der Waals surface area (Å²) >= 11 is 0. The van der Waals surface area contributed by atoms with E-state index >= 15 is 0 Å². The molecule has 3 N–H and O–H groups in total. The Bertz CT molecular complexity index is 1200. The SMILES string of the molecule is CCCCN(C(=O)CN1CC(c2cc(OC)c3c(c2)OCO3)C(C(=O)O)C1CC(C)CCC)c1cccc(CN)c1. The largest absolute Gasteiger partial charge is 0.493 e. The van der Waals surface area contributed by atoms with Crippen LogP contribution in [0.25, 0.3) is 0 Å². The molecule has 9 nitrogen and oxygen atoms in total. The molecule has 1 saturated heterocycles. The number of anilines is 1. The average molecular weight is 568 g/mol. The number of rotatable bonds is 14. The number of carboxylic acids is 1. The first-order chi connectivity index (χ1) is 19.8. The van der Waals surface area contributed by atoms with E-state index in [2.05, 4.69) is 25.7 Å². The smallest absolute Gasteiger partial charge is 0.308 e. The fourth-order valence-electron chi connectivity index (χ4n) is 6.34. The van der Waals surface area contributed by atoms with Gasteiger partial charge in [-0.2, -0.15) is 0 Å². The van der Waals surface area contributed by atoms with Gasteiger partial charge in [-0.1, -0.05) is 52.2 Å². The van der Waals surface area contributed by atoms with Crippen molar-refractivity contribution in [1.82, 2.24) is 4.90 Å². The number of ether oxygens (including phenoxy) is 3. The zero-order chi connectivity index (χ0) is 29.5. The average Bonchev–Trinajstić information content (AvgIpc) is 3.58. The van der Waals surface area contributed by atoms with Gasteiger partial charge < -0.3 is 30.0 Å². The van der Waals surface area contributed by atoms with E-state index in [1.807, 2.05) is 41.3 Å². The molecule has 0 aliphatic carbocycles. The van der Waals surface area contributed by atoms with Crippen molar-refractivity contribution in [2.75, 3.05) is 38.4 Å². The minimum atomic E-state index is -0.853. The molecule has 2 aliphatic heterocycles. The van der Waals surface area contributed by atoms with E-state index in [0.717, 1.165) is 42.5 Å². The summed E-state index contributed by atoms with van der Waals surface area (Å²) in [7, 11) is 1.56. The molecule has 0 aromatic heterocycles. The molecule has 9 heteroatoms. The van der Waals surface area contributed by atoms with Crippen LogP contribution in [0.2, 0.25) is 0 Å². The summed E-state index contributed by atoms with van der Waals surface area (Å²) in [5.74, 6) is 0.0284. The lowest BCUT2D eigenvalue weighted by Gasteiger charge is -2.31. The Labute approximate surface area is 243 Å². The maximum atomic E-state index is 14.0. The van der Waals surface area contributed by atoms with Crippen LogP contribution in [0.4, 0.5) is 5.69 Å². The van der Waals surface area contributed by atoms with Gasteiger partial charge in [0, 0.05) is 37.3 Å². The Kier molecular flexibility index (Phi) is 10.5. The molecule has 41 heavy (non-hydrogen) atoms. The molecular formula is C32H45N3O6. The molecule has 0 saturated carbocycles. The summed E-state index contributed by atoms with van der Waals surface area (Å²) in [5, 5.41) is 10.6. The number of carbonyl (C=O) groups is 2. The second-order valence-corrected chi connectivity index (χ2v) is 11.3. The molecule has 2 heterocycles. The zero-order valence-electron chi connectivity index (χ0n) is 24.8. The van der Waals surface area contributed by atoms with E-state index in [1.54, 1.807) is 7.11 Å². The van der Waals surface area contributed by atoms with Crippen LogP contribution in [0, 0.1) is 11.8 Å². The summed E-state index contributed by atoms with van der Waals surface area (Å²) in [4.78, 5) is 30.8. The predicted octanol–water partition coefficient (Wildman–Crippen LogP) is 5.01. The quantitative estimate of drug-likeness (QED) is 0.327. The molecule has 1 fully saturated rings. The van der Waals surface area contributed by atoms with Gasteiger partial charge in [0.1, 0.15) is 0 Å². The number of likely N-dealkylation sites (tertiary alicyclic amines) is 1. The van der Waals surface area contributed by atoms with Crippen LogP contribution in [0.3, 0.4) is 0 Å². The van der Waals surface area contributed by atoms with Crippen LogP contribution in [-0.2, 0) is 16.1 Å². The number of benzene rings is 2. The fourth-order valence-corrected chi connectivity index (χ4v) is 6.34. The second-order valence-electron chi connectivity index (χ2n) is 11.3. The Morgan fingerprint density at radius 3 is 2.68 bits per heavy atom. The molecule has 4 rings (SSSR count). The molecule has 4 atom stereocenters. The number of methoxy groups -OCH3 is 1. The number of hydrogen-bond acceptors (Lipinski definition) is 7. The fraction of sp³-hybridized carbons (Fsp3) is 0.562. The van der Waals surface area contributed by atoms with Gasteiger partial charge in [0.25, 0.3) is 0 Å². The Morgan fingerprint density at radius 2 is 2.00 bits per heavy atom. The minimum Gasteiger partial charge on any atom is -0.493 e. The second kappa shape index (κ2) is 14.0. The number of amides is 1. The van der Waals surface area contributed by atoms with Crippen LogP contribution < -0.4 is 24.8 Å². The summed E-state index contributed by atoms with van der Waals surface area (Å²) < 4.78 is 16.8. The standard InChI is InChI=1S/C32H45N3O6/c1-5-7-12-35(24-11-8-10-22(14-24)17-33)29(36)19-34-18-25(30(32(37)38)26(34)13-21(3)9-6-2)23-15-27(39-4)31-28(16-23)40-20-41-31/h8,10-11,14-16,21,25-26,30H,5-7,9,12-13,17-20,33H2,1-4H3,(H,37,38). The number of aliphatic carboxylic acids is 1. The zero-order valence-corrected chi connectivity index (χ0v) is 24.8. The van der Waals surface area contributed by atoms with Crippen molar-refractivity contribution in [3.63, 3.8) is 0 Å². The molecule has 4 unspecified atom stereocenters. The molecular weight excluding hydrogens is 522 g/mol. The van der Waals surface area contributed by atoms with E-state index in [9.17, 15) is 14.7 Å². The third kappa shape index (κ3) is 6.96. The number of unbranched alkanes of at least 4 members (excludes halogenated alkanes) is 1. The van der Waals surface area contributed by atoms with Crippen molar-refractivity contribution in [1.29, 1.82) is 0 Å². The molecule has 224 valence electrons. The normalized spacial score (nSPS) is 20.7. The van der Waals surface area contributed by atoms with Crippen LogP contribution in [0.1, 0.15) is 69.9 Å². The summed E-state index contributed by atoms with van der Waals surface area (Å²) in [5.41, 5.74) is 8.50. The third-order valence-corrected chi connectivity index (χ3v) is 8.40. The lowest BCUT2D eigenvalue weighted by atomic mass is 9.81. The monoisotopic (exact) mass is 567 g/mol. The van der Waals surface area contributed by atoms with Crippen LogP contribution in [0.5, 0.6) is 17.2 Å². The van der Waals surface area contributed by atoms with Crippen LogP contribution in [0.15, 0.2) is 36.4 Å². The number of fused-ring (bicyclic) bond motifs is 1. The first-order valence-electron chi connectivity index (χ1n) is 14.8. The van der Waals surface area contributed by atoms with Crippen LogP contribution in [-0.4, -0.2) is 61.5 Å². The van der Waals surface area contributed by atoms with Gasteiger partial charge in [-0.3, -0.25) is 14.5 Å². The minimum absolute atomic E-state index is 0.0335. The van der Waals surface area contributed by atoms with E-state index < -0.39 is 11.9 Å². The number of carbonyl (C=O) groups excluding carboxylic acids is 1. The molecule has 2 aromatic carbocycles. The Hall–Kier alpha value is -3.30. The highest BCUT2D eigenvalue weighted by atomic mass is 16.7. The molecule has 2 aromatic rings. The first kappa shape index (κ1) is 30.7. The van der Waals surface area contributed by atoms with Gasteiger partial charge in [-0.25, -0.2) is 0 Å². The van der Waals surface area contributed by atoms with Crippen molar-refractivity contribution in [3.05, 3.63) is 47.5 Å².